The standard InChI is InChI=1S/C10H19N3O2/c1-7(10(3,12)9(14)15)5-4-6-13-8(2)11/h5H,4,6,12H2,1-3H3,(H2,11,13)(H,14,15)/b7-5-. The quantitative estimate of drug-likeness (QED) is 0.268. The maximum absolute atomic E-state index is 10.8. The number of hydrogen-bond acceptors (Lipinski definition) is 3. The predicted molar refractivity (Wildman–Crippen MR) is 60.8 cm³/mol. The van der Waals surface area contributed by atoms with Gasteiger partial charge in [0, 0.05) is 6.54 Å². The topological polar surface area (TPSA) is 102 Å². The Labute approximate surface area is 89.9 Å². The van der Waals surface area contributed by atoms with E-state index in [4.69, 9.17) is 16.6 Å². The van der Waals surface area contributed by atoms with E-state index in [9.17, 15) is 4.79 Å². The number of aliphatic imine (C=N–C) groups is 1. The molecule has 0 aliphatic heterocycles. The van der Waals surface area contributed by atoms with Crippen molar-refractivity contribution in [2.75, 3.05) is 6.54 Å². The second kappa shape index (κ2) is 5.50. The first-order valence-electron chi connectivity index (χ1n) is 4.74. The van der Waals surface area contributed by atoms with Gasteiger partial charge in [0.15, 0.2) is 0 Å². The van der Waals surface area contributed by atoms with Crippen LogP contribution in [0.1, 0.15) is 27.2 Å². The molecule has 0 heterocycles. The van der Waals surface area contributed by atoms with Gasteiger partial charge < -0.3 is 16.6 Å². The maximum Gasteiger partial charge on any atom is 0.327 e. The molecule has 0 bridgehead atoms. The SMILES string of the molecule is CC(N)=NCC/C=C(/C)C(C)(N)C(=O)O. The van der Waals surface area contributed by atoms with Crippen molar-refractivity contribution in [3.8, 4) is 0 Å². The lowest BCUT2D eigenvalue weighted by atomic mass is 9.94. The van der Waals surface area contributed by atoms with Gasteiger partial charge >= 0.3 is 5.97 Å². The second-order valence-electron chi connectivity index (χ2n) is 3.71. The van der Waals surface area contributed by atoms with Gasteiger partial charge in [-0.15, -0.1) is 0 Å². The van der Waals surface area contributed by atoms with Gasteiger partial charge in [-0.05, 0) is 32.8 Å². The van der Waals surface area contributed by atoms with E-state index in [2.05, 4.69) is 4.99 Å². The van der Waals surface area contributed by atoms with Gasteiger partial charge in [0.05, 0.1) is 5.84 Å². The summed E-state index contributed by atoms with van der Waals surface area (Å²) in [5.74, 6) is -0.510. The summed E-state index contributed by atoms with van der Waals surface area (Å²) in [5.41, 5.74) is 10.3. The van der Waals surface area contributed by atoms with E-state index in [-0.39, 0.29) is 0 Å². The lowest BCUT2D eigenvalue weighted by molar-refractivity contribution is -0.141. The molecule has 15 heavy (non-hydrogen) atoms. The van der Waals surface area contributed by atoms with Crippen molar-refractivity contribution in [1.29, 1.82) is 0 Å². The molecule has 0 aromatic carbocycles. The molecule has 0 aromatic rings. The van der Waals surface area contributed by atoms with Gasteiger partial charge in [-0.1, -0.05) is 6.08 Å². The van der Waals surface area contributed by atoms with Crippen molar-refractivity contribution in [2.24, 2.45) is 16.5 Å². The van der Waals surface area contributed by atoms with Crippen molar-refractivity contribution >= 4 is 11.8 Å². The van der Waals surface area contributed by atoms with Crippen LogP contribution in [0.25, 0.3) is 0 Å². The van der Waals surface area contributed by atoms with Gasteiger partial charge in [-0.3, -0.25) is 4.99 Å². The minimum atomic E-state index is -1.30. The minimum absolute atomic E-state index is 0.523. The fourth-order valence-corrected chi connectivity index (χ4v) is 0.903. The van der Waals surface area contributed by atoms with Crippen LogP contribution in [0, 0.1) is 0 Å². The molecule has 0 fully saturated rings. The summed E-state index contributed by atoms with van der Waals surface area (Å²) in [6, 6.07) is 0. The molecule has 86 valence electrons. The molecule has 5 nitrogen and oxygen atoms in total. The average Bonchev–Trinajstić information content (AvgIpc) is 2.11. The van der Waals surface area contributed by atoms with E-state index < -0.39 is 11.5 Å². The van der Waals surface area contributed by atoms with Crippen LogP contribution >= 0.6 is 0 Å². The largest absolute Gasteiger partial charge is 0.480 e. The monoisotopic (exact) mass is 213 g/mol. The Morgan fingerprint density at radius 2 is 2.07 bits per heavy atom. The molecule has 0 saturated carbocycles. The van der Waals surface area contributed by atoms with Crippen LogP contribution < -0.4 is 11.5 Å². The lowest BCUT2D eigenvalue weighted by Crippen LogP contribution is -2.45. The van der Waals surface area contributed by atoms with Crippen molar-refractivity contribution in [3.63, 3.8) is 0 Å². The summed E-state index contributed by atoms with van der Waals surface area (Å²) >= 11 is 0. The highest BCUT2D eigenvalue weighted by molar-refractivity contribution is 5.82. The Hall–Kier alpha value is -1.36. The highest BCUT2D eigenvalue weighted by Crippen LogP contribution is 2.13. The average molecular weight is 213 g/mol. The number of carboxylic acid groups (broad SMARTS) is 1. The van der Waals surface area contributed by atoms with Gasteiger partial charge in [0.2, 0.25) is 0 Å². The van der Waals surface area contributed by atoms with E-state index in [1.165, 1.54) is 6.92 Å². The number of hydrogen-bond donors (Lipinski definition) is 3. The molecule has 0 spiro atoms. The fourth-order valence-electron chi connectivity index (χ4n) is 0.903. The summed E-state index contributed by atoms with van der Waals surface area (Å²) in [4.78, 5) is 14.8. The maximum atomic E-state index is 10.8. The summed E-state index contributed by atoms with van der Waals surface area (Å²) in [5, 5.41) is 8.84. The zero-order chi connectivity index (χ0) is 12.1. The zero-order valence-electron chi connectivity index (χ0n) is 9.45. The Morgan fingerprint density at radius 3 is 2.47 bits per heavy atom. The summed E-state index contributed by atoms with van der Waals surface area (Å²) in [7, 11) is 0. The smallest absolute Gasteiger partial charge is 0.327 e. The van der Waals surface area contributed by atoms with E-state index in [0.717, 1.165) is 0 Å². The number of rotatable bonds is 5. The molecule has 0 aromatic heterocycles. The van der Waals surface area contributed by atoms with Gasteiger partial charge in [-0.25, -0.2) is 4.79 Å². The van der Waals surface area contributed by atoms with E-state index >= 15 is 0 Å². The van der Waals surface area contributed by atoms with E-state index in [0.29, 0.717) is 24.4 Å². The van der Waals surface area contributed by atoms with Gasteiger partial charge in [-0.2, -0.15) is 0 Å². The fraction of sp³-hybridized carbons (Fsp3) is 0.600. The zero-order valence-corrected chi connectivity index (χ0v) is 9.45. The van der Waals surface area contributed by atoms with E-state index in [1.807, 2.05) is 0 Å². The van der Waals surface area contributed by atoms with Crippen LogP contribution in [0.5, 0.6) is 0 Å². The van der Waals surface area contributed by atoms with Crippen molar-refractivity contribution in [2.45, 2.75) is 32.7 Å². The molecular formula is C10H19N3O2. The van der Waals surface area contributed by atoms with Crippen LogP contribution in [0.2, 0.25) is 0 Å². The number of nitrogens with two attached hydrogens (primary N) is 2. The number of aliphatic carboxylic acids is 1. The molecule has 0 aliphatic rings. The van der Waals surface area contributed by atoms with Crippen LogP contribution in [0.15, 0.2) is 16.6 Å². The number of nitrogens with zero attached hydrogens (tertiary/aromatic N) is 1. The first-order valence-corrected chi connectivity index (χ1v) is 4.74. The third kappa shape index (κ3) is 4.60. The summed E-state index contributed by atoms with van der Waals surface area (Å²) in [6.07, 6.45) is 2.42. The van der Waals surface area contributed by atoms with Gasteiger partial charge in [0.25, 0.3) is 0 Å². The molecule has 1 atom stereocenters. The van der Waals surface area contributed by atoms with Crippen LogP contribution in [-0.2, 0) is 4.79 Å². The Balaban J connectivity index is 4.33. The Bertz CT molecular complexity index is 289. The second-order valence-corrected chi connectivity index (χ2v) is 3.71. The van der Waals surface area contributed by atoms with Crippen molar-refractivity contribution in [3.05, 3.63) is 11.6 Å². The normalized spacial score (nSPS) is 17.3. The summed E-state index contributed by atoms with van der Waals surface area (Å²) < 4.78 is 0. The molecule has 5 heteroatoms. The van der Waals surface area contributed by atoms with E-state index in [1.54, 1.807) is 19.9 Å². The molecule has 0 amide bonds. The first-order chi connectivity index (χ1) is 6.78. The Morgan fingerprint density at radius 1 is 1.53 bits per heavy atom. The third-order valence-electron chi connectivity index (χ3n) is 2.20. The molecule has 0 aliphatic carbocycles. The number of carbonyl (C=O) groups is 1. The lowest BCUT2D eigenvalue weighted by Gasteiger charge is -2.20. The minimum Gasteiger partial charge on any atom is -0.480 e. The van der Waals surface area contributed by atoms with Crippen molar-refractivity contribution in [1.82, 2.24) is 0 Å². The van der Waals surface area contributed by atoms with Gasteiger partial charge in [0.1, 0.15) is 5.54 Å². The molecule has 0 rings (SSSR count). The predicted octanol–water partition coefficient (Wildman–Crippen LogP) is 0.502. The number of carboxylic acids is 1. The van der Waals surface area contributed by atoms with Crippen LogP contribution in [0.4, 0.5) is 0 Å². The van der Waals surface area contributed by atoms with Crippen LogP contribution in [0.3, 0.4) is 0 Å². The highest BCUT2D eigenvalue weighted by atomic mass is 16.4. The molecular weight excluding hydrogens is 194 g/mol. The summed E-state index contributed by atoms with van der Waals surface area (Å²) in [6.45, 7) is 5.43. The molecule has 0 saturated heterocycles. The molecule has 1 unspecified atom stereocenters. The Kier molecular flexibility index (Phi) is 5.00. The number of amidine groups is 1. The third-order valence-corrected chi connectivity index (χ3v) is 2.20. The van der Waals surface area contributed by atoms with Crippen LogP contribution in [-0.4, -0.2) is 29.0 Å². The molecule has 0 radical (unpaired) electrons. The highest BCUT2D eigenvalue weighted by Gasteiger charge is 2.29. The first kappa shape index (κ1) is 13.6. The van der Waals surface area contributed by atoms with Crippen molar-refractivity contribution < 1.29 is 9.90 Å². The molecule has 5 N–H and O–H groups in total.